The molecule has 2 aromatic rings. The largest absolute Gasteiger partial charge is 0.465 e. The van der Waals surface area contributed by atoms with Gasteiger partial charge in [0.1, 0.15) is 0 Å². The molecule has 0 heterocycles. The Balaban J connectivity index is 1.96. The Morgan fingerprint density at radius 3 is 2.16 bits per heavy atom. The van der Waals surface area contributed by atoms with Gasteiger partial charge in [0.25, 0.3) is 0 Å². The van der Waals surface area contributed by atoms with Gasteiger partial charge in [0.15, 0.2) is 0 Å². The van der Waals surface area contributed by atoms with Crippen LogP contribution in [0.15, 0.2) is 42.5 Å². The van der Waals surface area contributed by atoms with Gasteiger partial charge in [-0.3, -0.25) is 14.5 Å². The first-order valence-corrected chi connectivity index (χ1v) is 9.89. The average molecular weight is 428 g/mol. The minimum atomic E-state index is -0.446. The Hall–Kier alpha value is -3.23. The standard InChI is InChI=1S/C23H29N3O5/c1-16-6-5-7-20(17(16)2)25-22(28)15-26(12-13-30-3)14-21(27)24-19-10-8-18(9-11-19)23(29)31-4/h5-11H,12-15H2,1-4H3,(H,24,27)(H,25,28). The fourth-order valence-corrected chi connectivity index (χ4v) is 2.92. The van der Waals surface area contributed by atoms with Gasteiger partial charge in [0.2, 0.25) is 11.8 Å². The first kappa shape index (κ1) is 24.0. The molecular formula is C23H29N3O5. The van der Waals surface area contributed by atoms with Crippen LogP contribution in [-0.4, -0.2) is 63.1 Å². The fourth-order valence-electron chi connectivity index (χ4n) is 2.92. The van der Waals surface area contributed by atoms with E-state index < -0.39 is 5.97 Å². The first-order chi connectivity index (χ1) is 14.8. The highest BCUT2D eigenvalue weighted by Crippen LogP contribution is 2.18. The predicted molar refractivity (Wildman–Crippen MR) is 119 cm³/mol. The Morgan fingerprint density at radius 2 is 1.55 bits per heavy atom. The average Bonchev–Trinajstić information content (AvgIpc) is 2.75. The first-order valence-electron chi connectivity index (χ1n) is 9.89. The van der Waals surface area contributed by atoms with Gasteiger partial charge in [-0.25, -0.2) is 4.79 Å². The maximum absolute atomic E-state index is 12.6. The molecule has 8 heteroatoms. The zero-order valence-electron chi connectivity index (χ0n) is 18.4. The Morgan fingerprint density at radius 1 is 0.903 bits per heavy atom. The van der Waals surface area contributed by atoms with Crippen LogP contribution in [-0.2, 0) is 19.1 Å². The number of carbonyl (C=O) groups is 3. The molecule has 0 atom stereocenters. The molecule has 0 aliphatic rings. The molecule has 0 radical (unpaired) electrons. The van der Waals surface area contributed by atoms with Gasteiger partial charge in [-0.05, 0) is 55.3 Å². The molecule has 0 aliphatic carbocycles. The van der Waals surface area contributed by atoms with Gasteiger partial charge < -0.3 is 20.1 Å². The topological polar surface area (TPSA) is 97.0 Å². The molecule has 0 saturated carbocycles. The van der Waals surface area contributed by atoms with E-state index in [1.807, 2.05) is 32.0 Å². The summed E-state index contributed by atoms with van der Waals surface area (Å²) in [4.78, 5) is 38.2. The number of nitrogens with zero attached hydrogens (tertiary/aromatic N) is 1. The summed E-state index contributed by atoms with van der Waals surface area (Å²) < 4.78 is 9.76. The Bertz CT molecular complexity index is 912. The molecule has 0 aromatic heterocycles. The van der Waals surface area contributed by atoms with Crippen LogP contribution in [0.2, 0.25) is 0 Å². The number of methoxy groups -OCH3 is 2. The summed E-state index contributed by atoms with van der Waals surface area (Å²) in [5.41, 5.74) is 3.79. The Labute approximate surface area is 182 Å². The quantitative estimate of drug-likeness (QED) is 0.566. The molecule has 0 saturated heterocycles. The maximum Gasteiger partial charge on any atom is 0.337 e. The number of carbonyl (C=O) groups excluding carboxylic acids is 3. The lowest BCUT2D eigenvalue weighted by atomic mass is 10.1. The monoisotopic (exact) mass is 427 g/mol. The number of esters is 1. The number of rotatable bonds is 10. The normalized spacial score (nSPS) is 10.6. The second kappa shape index (κ2) is 11.8. The molecule has 0 spiro atoms. The highest BCUT2D eigenvalue weighted by Gasteiger charge is 2.16. The molecule has 2 rings (SSSR count). The van der Waals surface area contributed by atoms with E-state index in [2.05, 4.69) is 15.4 Å². The zero-order chi connectivity index (χ0) is 22.8. The second-order valence-corrected chi connectivity index (χ2v) is 7.12. The van der Waals surface area contributed by atoms with Crippen molar-refractivity contribution >= 4 is 29.2 Å². The van der Waals surface area contributed by atoms with Crippen LogP contribution in [0.5, 0.6) is 0 Å². The molecular weight excluding hydrogens is 398 g/mol. The zero-order valence-corrected chi connectivity index (χ0v) is 18.4. The lowest BCUT2D eigenvalue weighted by molar-refractivity contribution is -0.120. The van der Waals surface area contributed by atoms with Crippen LogP contribution in [0.25, 0.3) is 0 Å². The summed E-state index contributed by atoms with van der Waals surface area (Å²) in [6.45, 7) is 4.81. The summed E-state index contributed by atoms with van der Waals surface area (Å²) in [6, 6.07) is 12.1. The number of hydrogen-bond acceptors (Lipinski definition) is 6. The summed E-state index contributed by atoms with van der Waals surface area (Å²) >= 11 is 0. The number of anilines is 2. The molecule has 0 fully saturated rings. The van der Waals surface area contributed by atoms with Crippen molar-refractivity contribution in [2.24, 2.45) is 0 Å². The summed E-state index contributed by atoms with van der Waals surface area (Å²) in [7, 11) is 2.88. The fraction of sp³-hybridized carbons (Fsp3) is 0.348. The van der Waals surface area contributed by atoms with Crippen LogP contribution in [0, 0.1) is 13.8 Å². The summed E-state index contributed by atoms with van der Waals surface area (Å²) in [5, 5.41) is 5.67. The number of aryl methyl sites for hydroxylation is 1. The van der Waals surface area contributed by atoms with Gasteiger partial charge >= 0.3 is 5.97 Å². The van der Waals surface area contributed by atoms with Crippen molar-refractivity contribution in [2.45, 2.75) is 13.8 Å². The molecule has 0 aliphatic heterocycles. The Kier molecular flexibility index (Phi) is 9.17. The molecule has 31 heavy (non-hydrogen) atoms. The van der Waals surface area contributed by atoms with Crippen molar-refractivity contribution in [3.8, 4) is 0 Å². The van der Waals surface area contributed by atoms with Crippen molar-refractivity contribution in [3.05, 3.63) is 59.2 Å². The molecule has 2 N–H and O–H groups in total. The lowest BCUT2D eigenvalue weighted by Crippen LogP contribution is -2.40. The molecule has 166 valence electrons. The van der Waals surface area contributed by atoms with Crippen LogP contribution in [0.1, 0.15) is 21.5 Å². The minimum Gasteiger partial charge on any atom is -0.465 e. The third-order valence-electron chi connectivity index (χ3n) is 4.81. The van der Waals surface area contributed by atoms with E-state index >= 15 is 0 Å². The molecule has 0 unspecified atom stereocenters. The van der Waals surface area contributed by atoms with Crippen LogP contribution in [0.4, 0.5) is 11.4 Å². The smallest absolute Gasteiger partial charge is 0.337 e. The molecule has 8 nitrogen and oxygen atoms in total. The number of nitrogens with one attached hydrogen (secondary N) is 2. The SMILES string of the molecule is COCCN(CC(=O)Nc1ccc(C(=O)OC)cc1)CC(=O)Nc1cccc(C)c1C. The van der Waals surface area contributed by atoms with E-state index in [1.165, 1.54) is 7.11 Å². The minimum absolute atomic E-state index is 0.0162. The molecule has 2 aromatic carbocycles. The van der Waals surface area contributed by atoms with Crippen LogP contribution < -0.4 is 10.6 Å². The van der Waals surface area contributed by atoms with E-state index in [0.717, 1.165) is 16.8 Å². The van der Waals surface area contributed by atoms with Crippen molar-refractivity contribution in [3.63, 3.8) is 0 Å². The highest BCUT2D eigenvalue weighted by molar-refractivity contribution is 5.95. The second-order valence-electron chi connectivity index (χ2n) is 7.12. The van der Waals surface area contributed by atoms with Gasteiger partial charge in [-0.1, -0.05) is 12.1 Å². The number of ether oxygens (including phenoxy) is 2. The van der Waals surface area contributed by atoms with E-state index in [4.69, 9.17) is 4.74 Å². The van der Waals surface area contributed by atoms with E-state index in [0.29, 0.717) is 24.4 Å². The van der Waals surface area contributed by atoms with Gasteiger partial charge in [0, 0.05) is 25.0 Å². The lowest BCUT2D eigenvalue weighted by Gasteiger charge is -2.21. The summed E-state index contributed by atoms with van der Waals surface area (Å²) in [6.07, 6.45) is 0. The third-order valence-corrected chi connectivity index (χ3v) is 4.81. The van der Waals surface area contributed by atoms with Gasteiger partial charge in [-0.15, -0.1) is 0 Å². The molecule has 2 amide bonds. The third kappa shape index (κ3) is 7.51. The number of benzene rings is 2. The number of hydrogen-bond donors (Lipinski definition) is 2. The van der Waals surface area contributed by atoms with Crippen molar-refractivity contribution in [2.75, 3.05) is 51.1 Å². The van der Waals surface area contributed by atoms with E-state index in [1.54, 1.807) is 36.3 Å². The van der Waals surface area contributed by atoms with Gasteiger partial charge in [0.05, 0.1) is 32.4 Å². The van der Waals surface area contributed by atoms with E-state index in [-0.39, 0.29) is 24.9 Å². The predicted octanol–water partition coefficient (Wildman–Crippen LogP) is 2.62. The van der Waals surface area contributed by atoms with Crippen molar-refractivity contribution in [1.82, 2.24) is 4.90 Å². The number of amides is 2. The van der Waals surface area contributed by atoms with Gasteiger partial charge in [-0.2, -0.15) is 0 Å². The highest BCUT2D eigenvalue weighted by atomic mass is 16.5. The van der Waals surface area contributed by atoms with Crippen LogP contribution >= 0.6 is 0 Å². The van der Waals surface area contributed by atoms with Crippen LogP contribution in [0.3, 0.4) is 0 Å². The molecule has 0 bridgehead atoms. The maximum atomic E-state index is 12.6. The van der Waals surface area contributed by atoms with E-state index in [9.17, 15) is 14.4 Å². The van der Waals surface area contributed by atoms with Crippen molar-refractivity contribution in [1.29, 1.82) is 0 Å². The summed E-state index contributed by atoms with van der Waals surface area (Å²) in [5.74, 6) is -0.931. The van der Waals surface area contributed by atoms with Crippen molar-refractivity contribution < 1.29 is 23.9 Å².